The molecule has 2 aliphatic rings. The van der Waals surface area contributed by atoms with Crippen LogP contribution in [0.3, 0.4) is 0 Å². The van der Waals surface area contributed by atoms with E-state index in [1.807, 2.05) is 0 Å². The molecule has 0 aromatic rings. The smallest absolute Gasteiger partial charge is 0.217 e. The van der Waals surface area contributed by atoms with Gasteiger partial charge in [-0.15, -0.1) is 0 Å². The number of aliphatic hydroxyl groups is 2. The average Bonchev–Trinajstić information content (AvgIpc) is 2.49. The molecule has 86 valence electrons. The Kier molecular flexibility index (Phi) is 2.68. The van der Waals surface area contributed by atoms with Crippen molar-refractivity contribution in [3.8, 4) is 0 Å². The lowest BCUT2D eigenvalue weighted by Gasteiger charge is -2.35. The Morgan fingerprint density at radius 1 is 1.27 bits per heavy atom. The highest BCUT2D eigenvalue weighted by Crippen LogP contribution is 2.32. The van der Waals surface area contributed by atoms with E-state index in [4.69, 9.17) is 9.47 Å². The van der Waals surface area contributed by atoms with E-state index in [-0.39, 0.29) is 12.0 Å². The second-order valence-electron chi connectivity index (χ2n) is 4.02. The number of fused-ring (bicyclic) bond motifs is 2. The topological polar surface area (TPSA) is 88.0 Å². The Bertz CT molecular complexity index is 269. The molecule has 2 fully saturated rings. The standard InChI is InChI=1S/C9H15NO5/c1-3-8-7(13)6(12)5(10-4(2)11)9(14-3)15-8/h3,5-9,12-13H,1-2H3,(H,10,11)/t3-,5?,6-,7+,8-,9-/m1/s1. The molecule has 6 heteroatoms. The van der Waals surface area contributed by atoms with Gasteiger partial charge in [0.2, 0.25) is 5.91 Å². The Balaban J connectivity index is 2.14. The number of hydrogen-bond acceptors (Lipinski definition) is 5. The highest BCUT2D eigenvalue weighted by Gasteiger charge is 2.53. The molecule has 2 rings (SSSR count). The fourth-order valence-corrected chi connectivity index (χ4v) is 2.07. The maximum absolute atomic E-state index is 10.9. The van der Waals surface area contributed by atoms with Gasteiger partial charge in [0, 0.05) is 6.92 Å². The molecule has 0 aromatic carbocycles. The minimum atomic E-state index is -1.05. The highest BCUT2D eigenvalue weighted by atomic mass is 16.7. The fourth-order valence-electron chi connectivity index (χ4n) is 2.07. The molecular weight excluding hydrogens is 202 g/mol. The Morgan fingerprint density at radius 3 is 2.53 bits per heavy atom. The van der Waals surface area contributed by atoms with Gasteiger partial charge in [-0.1, -0.05) is 0 Å². The van der Waals surface area contributed by atoms with Crippen molar-refractivity contribution in [1.82, 2.24) is 5.32 Å². The molecule has 3 N–H and O–H groups in total. The summed E-state index contributed by atoms with van der Waals surface area (Å²) in [6.45, 7) is 3.10. The van der Waals surface area contributed by atoms with Gasteiger partial charge in [-0.2, -0.15) is 0 Å². The summed E-state index contributed by atoms with van der Waals surface area (Å²) < 4.78 is 10.7. The van der Waals surface area contributed by atoms with E-state index in [1.165, 1.54) is 6.92 Å². The molecule has 6 nitrogen and oxygen atoms in total. The van der Waals surface area contributed by atoms with Gasteiger partial charge >= 0.3 is 0 Å². The van der Waals surface area contributed by atoms with Gasteiger partial charge in [0.05, 0.1) is 6.10 Å². The normalized spacial score (nSPS) is 49.1. The second kappa shape index (κ2) is 3.71. The molecule has 0 saturated carbocycles. The number of aliphatic hydroxyl groups excluding tert-OH is 2. The van der Waals surface area contributed by atoms with Gasteiger partial charge in [0.15, 0.2) is 6.29 Å². The zero-order valence-electron chi connectivity index (χ0n) is 8.58. The summed E-state index contributed by atoms with van der Waals surface area (Å²) in [4.78, 5) is 10.9. The quantitative estimate of drug-likeness (QED) is 0.490. The summed E-state index contributed by atoms with van der Waals surface area (Å²) in [6.07, 6.45) is -3.56. The number of hydrogen-bond donors (Lipinski definition) is 3. The van der Waals surface area contributed by atoms with Gasteiger partial charge in [-0.05, 0) is 6.92 Å². The van der Waals surface area contributed by atoms with Crippen LogP contribution < -0.4 is 5.32 Å². The lowest BCUT2D eigenvalue weighted by molar-refractivity contribution is -0.186. The van der Waals surface area contributed by atoms with E-state index >= 15 is 0 Å². The first-order valence-electron chi connectivity index (χ1n) is 4.95. The number of ether oxygens (including phenoxy) is 2. The van der Waals surface area contributed by atoms with E-state index < -0.39 is 30.6 Å². The second-order valence-corrected chi connectivity index (χ2v) is 4.02. The lowest BCUT2D eigenvalue weighted by Crippen LogP contribution is -2.60. The Morgan fingerprint density at radius 2 is 1.93 bits per heavy atom. The van der Waals surface area contributed by atoms with E-state index in [0.717, 1.165) is 0 Å². The third-order valence-corrected chi connectivity index (χ3v) is 2.82. The summed E-state index contributed by atoms with van der Waals surface area (Å²) in [5, 5.41) is 22.0. The molecule has 0 aromatic heterocycles. The van der Waals surface area contributed by atoms with Crippen LogP contribution in [0.25, 0.3) is 0 Å². The molecule has 2 bridgehead atoms. The van der Waals surface area contributed by atoms with E-state index in [2.05, 4.69) is 5.32 Å². The first-order chi connectivity index (χ1) is 7.00. The molecular formula is C9H15NO5. The Hall–Kier alpha value is -0.690. The molecule has 6 atom stereocenters. The van der Waals surface area contributed by atoms with Crippen molar-refractivity contribution in [3.05, 3.63) is 0 Å². The maximum Gasteiger partial charge on any atom is 0.217 e. The summed E-state index contributed by atoms with van der Waals surface area (Å²) in [5.74, 6) is -0.295. The molecule has 0 aliphatic carbocycles. The lowest BCUT2D eigenvalue weighted by atomic mass is 9.96. The average molecular weight is 217 g/mol. The first-order valence-corrected chi connectivity index (χ1v) is 4.95. The summed E-state index contributed by atoms with van der Waals surface area (Å²) in [6, 6.07) is -0.710. The van der Waals surface area contributed by atoms with Crippen molar-refractivity contribution in [2.45, 2.75) is 50.6 Å². The van der Waals surface area contributed by atoms with Crippen molar-refractivity contribution in [1.29, 1.82) is 0 Å². The van der Waals surface area contributed by atoms with Crippen LogP contribution in [0.1, 0.15) is 13.8 Å². The van der Waals surface area contributed by atoms with Crippen LogP contribution in [-0.4, -0.2) is 52.9 Å². The monoisotopic (exact) mass is 217 g/mol. The zero-order chi connectivity index (χ0) is 11.2. The highest BCUT2D eigenvalue weighted by molar-refractivity contribution is 5.73. The third-order valence-electron chi connectivity index (χ3n) is 2.82. The summed E-state index contributed by atoms with van der Waals surface area (Å²) >= 11 is 0. The molecule has 15 heavy (non-hydrogen) atoms. The van der Waals surface area contributed by atoms with Crippen molar-refractivity contribution in [2.24, 2.45) is 0 Å². The number of rotatable bonds is 1. The number of amides is 1. The predicted molar refractivity (Wildman–Crippen MR) is 48.8 cm³/mol. The molecule has 2 saturated heterocycles. The summed E-state index contributed by atoms with van der Waals surface area (Å²) in [5.41, 5.74) is 0. The van der Waals surface area contributed by atoms with Crippen molar-refractivity contribution in [3.63, 3.8) is 0 Å². The Labute approximate surface area is 87.2 Å². The van der Waals surface area contributed by atoms with Crippen LogP contribution in [0.5, 0.6) is 0 Å². The van der Waals surface area contributed by atoms with Gasteiger partial charge in [-0.25, -0.2) is 0 Å². The van der Waals surface area contributed by atoms with E-state index in [1.54, 1.807) is 6.92 Å². The van der Waals surface area contributed by atoms with Crippen LogP contribution >= 0.6 is 0 Å². The van der Waals surface area contributed by atoms with Gasteiger partial charge in [0.1, 0.15) is 24.4 Å². The minimum absolute atomic E-state index is 0.279. The SMILES string of the molecule is CC(=O)NC1[C@H]2O[C@@H]([C@@H](O)[C@@H]1O)[C@@H](C)O2. The molecule has 1 unspecified atom stereocenters. The fraction of sp³-hybridized carbons (Fsp3) is 0.889. The molecule has 0 spiro atoms. The third kappa shape index (κ3) is 1.74. The number of nitrogens with one attached hydrogen (secondary N) is 1. The molecule has 0 radical (unpaired) electrons. The van der Waals surface area contributed by atoms with Gasteiger partial charge < -0.3 is 25.0 Å². The van der Waals surface area contributed by atoms with E-state index in [9.17, 15) is 15.0 Å². The largest absolute Gasteiger partial charge is 0.388 e. The van der Waals surface area contributed by atoms with Crippen molar-refractivity contribution >= 4 is 5.91 Å². The van der Waals surface area contributed by atoms with Crippen molar-refractivity contribution < 1.29 is 24.5 Å². The van der Waals surface area contributed by atoms with Crippen LogP contribution in [0.4, 0.5) is 0 Å². The van der Waals surface area contributed by atoms with Crippen molar-refractivity contribution in [2.75, 3.05) is 0 Å². The first kappa shape index (κ1) is 10.8. The molecule has 2 heterocycles. The van der Waals surface area contributed by atoms with Crippen LogP contribution in [0.15, 0.2) is 0 Å². The molecule has 1 amide bonds. The predicted octanol–water partition coefficient (Wildman–Crippen LogP) is -1.64. The maximum atomic E-state index is 10.9. The number of carbonyl (C=O) groups is 1. The number of carbonyl (C=O) groups excluding carboxylic acids is 1. The van der Waals surface area contributed by atoms with Crippen LogP contribution in [0, 0.1) is 0 Å². The van der Waals surface area contributed by atoms with Gasteiger partial charge in [0.25, 0.3) is 0 Å². The minimum Gasteiger partial charge on any atom is -0.388 e. The van der Waals surface area contributed by atoms with Gasteiger partial charge in [-0.3, -0.25) is 4.79 Å². The van der Waals surface area contributed by atoms with E-state index in [0.29, 0.717) is 0 Å². The van der Waals surface area contributed by atoms with Crippen LogP contribution in [-0.2, 0) is 14.3 Å². The summed E-state index contributed by atoms with van der Waals surface area (Å²) in [7, 11) is 0. The zero-order valence-corrected chi connectivity index (χ0v) is 8.58. The molecule has 2 aliphatic heterocycles. The van der Waals surface area contributed by atoms with Crippen LogP contribution in [0.2, 0.25) is 0 Å².